The van der Waals surface area contributed by atoms with Crippen LogP contribution in [0.5, 0.6) is 0 Å². The summed E-state index contributed by atoms with van der Waals surface area (Å²) in [5, 5.41) is 8.25. The first-order valence-corrected chi connectivity index (χ1v) is 6.28. The zero-order chi connectivity index (χ0) is 12.3. The summed E-state index contributed by atoms with van der Waals surface area (Å²) >= 11 is 1.36. The Balaban J connectivity index is 2.18. The third kappa shape index (κ3) is 2.68. The first-order valence-electron chi connectivity index (χ1n) is 5.51. The van der Waals surface area contributed by atoms with Crippen LogP contribution in [0.15, 0.2) is 12.3 Å². The van der Waals surface area contributed by atoms with Crippen LogP contribution in [0.4, 0.5) is 0 Å². The van der Waals surface area contributed by atoms with E-state index >= 15 is 0 Å². The fourth-order valence-electron chi connectivity index (χ4n) is 1.82. The summed E-state index contributed by atoms with van der Waals surface area (Å²) in [6, 6.07) is 2.12. The summed E-state index contributed by atoms with van der Waals surface area (Å²) in [5.41, 5.74) is 5.00. The average molecular weight is 252 g/mol. The van der Waals surface area contributed by atoms with E-state index in [1.807, 2.05) is 11.6 Å². The standard InChI is InChI=1S/C10H16N6S/c1-3-16-8(4-7(2)14-16)5-9(13-11)10-6-12-15-17-10/h4,6,9,13H,3,5,11H2,1-2H3. The van der Waals surface area contributed by atoms with Gasteiger partial charge in [-0.05, 0) is 31.4 Å². The van der Waals surface area contributed by atoms with Crippen molar-refractivity contribution in [2.24, 2.45) is 5.84 Å². The van der Waals surface area contributed by atoms with Crippen LogP contribution in [0.2, 0.25) is 0 Å². The van der Waals surface area contributed by atoms with Crippen molar-refractivity contribution >= 4 is 11.5 Å². The molecule has 2 rings (SSSR count). The number of hydrogen-bond donors (Lipinski definition) is 2. The lowest BCUT2D eigenvalue weighted by atomic mass is 10.1. The molecule has 7 heteroatoms. The van der Waals surface area contributed by atoms with Gasteiger partial charge in [-0.2, -0.15) is 5.10 Å². The largest absolute Gasteiger partial charge is 0.271 e. The second kappa shape index (κ2) is 5.35. The second-order valence-electron chi connectivity index (χ2n) is 3.84. The molecule has 1 unspecified atom stereocenters. The van der Waals surface area contributed by atoms with Gasteiger partial charge in [-0.1, -0.05) is 4.49 Å². The molecule has 0 saturated carbocycles. The predicted octanol–water partition coefficient (Wildman–Crippen LogP) is 0.810. The van der Waals surface area contributed by atoms with E-state index in [2.05, 4.69) is 33.1 Å². The summed E-state index contributed by atoms with van der Waals surface area (Å²) in [7, 11) is 0. The lowest BCUT2D eigenvalue weighted by Crippen LogP contribution is -2.29. The Labute approximate surface area is 104 Å². The van der Waals surface area contributed by atoms with Crippen molar-refractivity contribution < 1.29 is 0 Å². The molecule has 0 fully saturated rings. The van der Waals surface area contributed by atoms with Crippen LogP contribution in [0.25, 0.3) is 0 Å². The summed E-state index contributed by atoms with van der Waals surface area (Å²) in [5.74, 6) is 5.58. The second-order valence-corrected chi connectivity index (χ2v) is 4.65. The zero-order valence-corrected chi connectivity index (χ0v) is 10.7. The maximum atomic E-state index is 5.58. The molecule has 0 aliphatic rings. The minimum atomic E-state index is 0.0383. The van der Waals surface area contributed by atoms with Gasteiger partial charge in [0.05, 0.1) is 22.8 Å². The number of nitrogens with one attached hydrogen (secondary N) is 1. The number of hydrazine groups is 1. The van der Waals surface area contributed by atoms with E-state index in [4.69, 9.17) is 5.84 Å². The fourth-order valence-corrected chi connectivity index (χ4v) is 2.38. The normalized spacial score (nSPS) is 12.9. The molecule has 2 aromatic rings. The molecule has 0 saturated heterocycles. The molecule has 0 aliphatic heterocycles. The molecule has 2 heterocycles. The van der Waals surface area contributed by atoms with Gasteiger partial charge in [0.15, 0.2) is 0 Å². The minimum absolute atomic E-state index is 0.0383. The van der Waals surface area contributed by atoms with Crippen molar-refractivity contribution in [3.63, 3.8) is 0 Å². The quantitative estimate of drug-likeness (QED) is 0.608. The van der Waals surface area contributed by atoms with E-state index in [0.29, 0.717) is 0 Å². The van der Waals surface area contributed by atoms with Crippen molar-refractivity contribution in [2.45, 2.75) is 32.9 Å². The molecule has 6 nitrogen and oxygen atoms in total. The monoisotopic (exact) mass is 252 g/mol. The van der Waals surface area contributed by atoms with Gasteiger partial charge >= 0.3 is 0 Å². The number of nitrogens with zero attached hydrogens (tertiary/aromatic N) is 4. The summed E-state index contributed by atoms with van der Waals surface area (Å²) in [6.45, 7) is 4.94. The van der Waals surface area contributed by atoms with Crippen LogP contribution in [-0.4, -0.2) is 19.4 Å². The number of hydrogen-bond acceptors (Lipinski definition) is 6. The van der Waals surface area contributed by atoms with Crippen LogP contribution in [0.1, 0.15) is 29.2 Å². The van der Waals surface area contributed by atoms with Crippen LogP contribution in [-0.2, 0) is 13.0 Å². The maximum Gasteiger partial charge on any atom is 0.0670 e. The average Bonchev–Trinajstić information content (AvgIpc) is 2.94. The highest BCUT2D eigenvalue weighted by atomic mass is 32.1. The SMILES string of the molecule is CCn1nc(C)cc1CC(NN)c1cnns1. The third-order valence-electron chi connectivity index (χ3n) is 2.62. The van der Waals surface area contributed by atoms with Gasteiger partial charge in [-0.3, -0.25) is 16.0 Å². The van der Waals surface area contributed by atoms with E-state index in [9.17, 15) is 0 Å². The van der Waals surface area contributed by atoms with Gasteiger partial charge in [0, 0.05) is 18.7 Å². The lowest BCUT2D eigenvalue weighted by Gasteiger charge is -2.13. The Kier molecular flexibility index (Phi) is 3.82. The van der Waals surface area contributed by atoms with Gasteiger partial charge in [0.25, 0.3) is 0 Å². The van der Waals surface area contributed by atoms with Crippen molar-refractivity contribution in [3.8, 4) is 0 Å². The Bertz CT molecular complexity index is 463. The molecule has 0 aliphatic carbocycles. The molecule has 17 heavy (non-hydrogen) atoms. The third-order valence-corrected chi connectivity index (χ3v) is 3.40. The molecule has 0 aromatic carbocycles. The van der Waals surface area contributed by atoms with E-state index < -0.39 is 0 Å². The zero-order valence-electron chi connectivity index (χ0n) is 9.92. The molecule has 3 N–H and O–H groups in total. The highest BCUT2D eigenvalue weighted by Crippen LogP contribution is 2.20. The highest BCUT2D eigenvalue weighted by molar-refractivity contribution is 7.05. The lowest BCUT2D eigenvalue weighted by molar-refractivity contribution is 0.522. The van der Waals surface area contributed by atoms with Gasteiger partial charge in [0.1, 0.15) is 0 Å². The Morgan fingerprint density at radius 2 is 2.41 bits per heavy atom. The smallest absolute Gasteiger partial charge is 0.0670 e. The van der Waals surface area contributed by atoms with Crippen LogP contribution >= 0.6 is 11.5 Å². The molecule has 0 spiro atoms. The minimum Gasteiger partial charge on any atom is -0.271 e. The van der Waals surface area contributed by atoms with Crippen LogP contribution in [0.3, 0.4) is 0 Å². The number of nitrogens with two attached hydrogens (primary N) is 1. The Hall–Kier alpha value is -1.31. The van der Waals surface area contributed by atoms with Crippen molar-refractivity contribution in [1.82, 2.24) is 24.8 Å². The molecule has 0 radical (unpaired) electrons. The van der Waals surface area contributed by atoms with Gasteiger partial charge in [0.2, 0.25) is 0 Å². The summed E-state index contributed by atoms with van der Waals surface area (Å²) in [4.78, 5) is 1.04. The summed E-state index contributed by atoms with van der Waals surface area (Å²) in [6.07, 6.45) is 2.53. The van der Waals surface area contributed by atoms with E-state index in [-0.39, 0.29) is 6.04 Å². The van der Waals surface area contributed by atoms with Gasteiger partial charge < -0.3 is 0 Å². The number of aromatic nitrogens is 4. The van der Waals surface area contributed by atoms with E-state index in [1.54, 1.807) is 6.20 Å². The number of rotatable bonds is 5. The Morgan fingerprint density at radius 1 is 1.59 bits per heavy atom. The fraction of sp³-hybridized carbons (Fsp3) is 0.500. The van der Waals surface area contributed by atoms with Crippen molar-refractivity contribution in [3.05, 3.63) is 28.5 Å². The molecular weight excluding hydrogens is 236 g/mol. The first kappa shape index (κ1) is 12.2. The molecule has 0 amide bonds. The first-order chi connectivity index (χ1) is 8.24. The topological polar surface area (TPSA) is 81.7 Å². The summed E-state index contributed by atoms with van der Waals surface area (Å²) < 4.78 is 5.85. The molecule has 1 atom stereocenters. The van der Waals surface area contributed by atoms with Crippen LogP contribution < -0.4 is 11.3 Å². The van der Waals surface area contributed by atoms with Gasteiger partial charge in [-0.25, -0.2) is 0 Å². The molecule has 92 valence electrons. The van der Waals surface area contributed by atoms with Gasteiger partial charge in [-0.15, -0.1) is 5.10 Å². The van der Waals surface area contributed by atoms with Crippen molar-refractivity contribution in [1.29, 1.82) is 0 Å². The van der Waals surface area contributed by atoms with Crippen LogP contribution in [0, 0.1) is 6.92 Å². The Morgan fingerprint density at radius 3 is 3.00 bits per heavy atom. The molecule has 0 bridgehead atoms. The van der Waals surface area contributed by atoms with E-state index in [0.717, 1.165) is 23.5 Å². The molecule has 2 aromatic heterocycles. The molecular formula is C10H16N6S. The van der Waals surface area contributed by atoms with Crippen molar-refractivity contribution in [2.75, 3.05) is 0 Å². The number of aryl methyl sites for hydroxylation is 2. The highest BCUT2D eigenvalue weighted by Gasteiger charge is 2.16. The predicted molar refractivity (Wildman–Crippen MR) is 66.3 cm³/mol. The maximum absolute atomic E-state index is 5.58. The van der Waals surface area contributed by atoms with E-state index in [1.165, 1.54) is 17.2 Å².